The monoisotopic (exact) mass is 194 g/mol. The molecule has 0 spiro atoms. The van der Waals surface area contributed by atoms with E-state index in [0.29, 0.717) is 0 Å². The van der Waals surface area contributed by atoms with Gasteiger partial charge in [-0.2, -0.15) is 12.6 Å². The number of thiol groups is 1. The summed E-state index contributed by atoms with van der Waals surface area (Å²) in [5, 5.41) is 0. The van der Waals surface area contributed by atoms with Gasteiger partial charge in [0.2, 0.25) is 0 Å². The van der Waals surface area contributed by atoms with Crippen molar-refractivity contribution in [2.75, 3.05) is 20.0 Å². The Kier molecular flexibility index (Phi) is 6.32. The van der Waals surface area contributed by atoms with Gasteiger partial charge in [-0.1, -0.05) is 6.04 Å². The highest BCUT2D eigenvalue weighted by Gasteiger charge is 2.21. The van der Waals surface area contributed by atoms with Crippen molar-refractivity contribution in [1.29, 1.82) is 0 Å². The van der Waals surface area contributed by atoms with Crippen molar-refractivity contribution in [2.45, 2.75) is 24.8 Å². The van der Waals surface area contributed by atoms with Gasteiger partial charge in [0.15, 0.2) is 0 Å². The van der Waals surface area contributed by atoms with E-state index in [4.69, 9.17) is 9.47 Å². The molecule has 0 saturated carbocycles. The summed E-state index contributed by atoms with van der Waals surface area (Å²) in [7, 11) is 3.14. The first kappa shape index (κ1) is 11.5. The minimum Gasteiger partial charge on any atom is -0.358 e. The largest absolute Gasteiger partial charge is 0.358 e. The van der Waals surface area contributed by atoms with Gasteiger partial charge in [-0.3, -0.25) is 0 Å². The van der Waals surface area contributed by atoms with Crippen LogP contribution in [0.15, 0.2) is 0 Å². The third-order valence-electron chi connectivity index (χ3n) is 1.90. The number of rotatable bonds is 6. The number of ether oxygens (including phenoxy) is 2. The van der Waals surface area contributed by atoms with Crippen LogP contribution < -0.4 is 0 Å². The second-order valence-corrected chi connectivity index (χ2v) is 5.66. The summed E-state index contributed by atoms with van der Waals surface area (Å²) in [5.74, 6) is 0.969. The normalized spacial score (nSPS) is 13.1. The number of methoxy groups -OCH3 is 2. The molecule has 0 saturated heterocycles. The fourth-order valence-corrected chi connectivity index (χ4v) is 3.04. The van der Waals surface area contributed by atoms with Crippen LogP contribution in [0.2, 0.25) is 6.04 Å². The van der Waals surface area contributed by atoms with E-state index < -0.39 is 0 Å². The second-order valence-electron chi connectivity index (χ2n) is 2.72. The standard InChI is InChI=1S/C7H18O2SSi/c1-7(8-2,9-3)11-6-4-5-10/h10H,4-6,11H2,1-3H3. The summed E-state index contributed by atoms with van der Waals surface area (Å²) < 4.78 is 10.5. The average molecular weight is 194 g/mol. The minimum absolute atomic E-state index is 0.261. The zero-order valence-corrected chi connectivity index (χ0v) is 9.90. The van der Waals surface area contributed by atoms with Gasteiger partial charge < -0.3 is 9.47 Å². The van der Waals surface area contributed by atoms with Gasteiger partial charge in [-0.15, -0.1) is 0 Å². The maximum Gasteiger partial charge on any atom is 0.141 e. The van der Waals surface area contributed by atoms with Crippen molar-refractivity contribution < 1.29 is 9.47 Å². The molecule has 0 aliphatic heterocycles. The molecule has 0 rings (SSSR count). The highest BCUT2D eigenvalue weighted by Crippen LogP contribution is 2.10. The van der Waals surface area contributed by atoms with Gasteiger partial charge in [0.25, 0.3) is 0 Å². The minimum atomic E-state index is -0.276. The van der Waals surface area contributed by atoms with E-state index in [0.717, 1.165) is 5.75 Å². The molecule has 2 nitrogen and oxygen atoms in total. The van der Waals surface area contributed by atoms with Gasteiger partial charge >= 0.3 is 0 Å². The average Bonchev–Trinajstić information content (AvgIpc) is 2.05. The van der Waals surface area contributed by atoms with Crippen molar-refractivity contribution in [1.82, 2.24) is 0 Å². The van der Waals surface area contributed by atoms with Crippen molar-refractivity contribution >= 4 is 22.1 Å². The van der Waals surface area contributed by atoms with Crippen LogP contribution in [0.3, 0.4) is 0 Å². The van der Waals surface area contributed by atoms with Gasteiger partial charge in [-0.05, 0) is 19.1 Å². The molecule has 0 aromatic heterocycles. The van der Waals surface area contributed by atoms with Crippen molar-refractivity contribution in [3.63, 3.8) is 0 Å². The van der Waals surface area contributed by atoms with Gasteiger partial charge in [0, 0.05) is 14.2 Å². The van der Waals surface area contributed by atoms with E-state index in [1.807, 2.05) is 6.92 Å². The lowest BCUT2D eigenvalue weighted by molar-refractivity contribution is -0.130. The van der Waals surface area contributed by atoms with Crippen LogP contribution in [0.4, 0.5) is 0 Å². The summed E-state index contributed by atoms with van der Waals surface area (Å²) in [5.41, 5.74) is -0.261. The highest BCUT2D eigenvalue weighted by atomic mass is 32.1. The van der Waals surface area contributed by atoms with E-state index in [-0.39, 0.29) is 14.9 Å². The van der Waals surface area contributed by atoms with Gasteiger partial charge in [0.05, 0.1) is 9.52 Å². The lowest BCUT2D eigenvalue weighted by Gasteiger charge is -2.25. The first-order valence-electron chi connectivity index (χ1n) is 3.89. The van der Waals surface area contributed by atoms with E-state index in [9.17, 15) is 0 Å². The van der Waals surface area contributed by atoms with E-state index in [2.05, 4.69) is 12.6 Å². The molecule has 0 heterocycles. The SMILES string of the molecule is COC(C)(OC)[SiH2]CCCS. The molecule has 0 aromatic carbocycles. The van der Waals surface area contributed by atoms with Crippen LogP contribution in [0.25, 0.3) is 0 Å². The molecule has 0 N–H and O–H groups in total. The molecular weight excluding hydrogens is 176 g/mol. The molecule has 0 amide bonds. The molecule has 0 bridgehead atoms. The van der Waals surface area contributed by atoms with Crippen LogP contribution >= 0.6 is 12.6 Å². The zero-order chi connectivity index (χ0) is 8.74. The molecule has 0 aliphatic rings. The van der Waals surface area contributed by atoms with Crippen molar-refractivity contribution in [3.05, 3.63) is 0 Å². The number of hydrogen-bond acceptors (Lipinski definition) is 3. The molecule has 0 aliphatic carbocycles. The fourth-order valence-electron chi connectivity index (χ4n) is 0.845. The molecule has 0 unspecified atom stereocenters. The molecule has 0 atom stereocenters. The maximum atomic E-state index is 5.25. The summed E-state index contributed by atoms with van der Waals surface area (Å²) in [4.78, 5) is 0. The van der Waals surface area contributed by atoms with Crippen LogP contribution in [0.5, 0.6) is 0 Å². The van der Waals surface area contributed by atoms with Crippen LogP contribution in [0, 0.1) is 0 Å². The molecule has 0 radical (unpaired) electrons. The Hall–Kier alpha value is 0.487. The Morgan fingerprint density at radius 2 is 1.91 bits per heavy atom. The molecule has 0 aromatic rings. The topological polar surface area (TPSA) is 18.5 Å². The van der Waals surface area contributed by atoms with Crippen molar-refractivity contribution in [2.24, 2.45) is 0 Å². The smallest absolute Gasteiger partial charge is 0.141 e. The Morgan fingerprint density at radius 3 is 2.27 bits per heavy atom. The van der Waals surface area contributed by atoms with Crippen LogP contribution in [-0.2, 0) is 9.47 Å². The Bertz CT molecular complexity index is 96.4. The van der Waals surface area contributed by atoms with Crippen LogP contribution in [0.1, 0.15) is 13.3 Å². The Morgan fingerprint density at radius 1 is 1.36 bits per heavy atom. The second kappa shape index (κ2) is 6.05. The summed E-state index contributed by atoms with van der Waals surface area (Å²) in [6.07, 6.45) is 1.18. The van der Waals surface area contributed by atoms with E-state index >= 15 is 0 Å². The Labute approximate surface area is 76.9 Å². The highest BCUT2D eigenvalue weighted by molar-refractivity contribution is 7.80. The molecule has 11 heavy (non-hydrogen) atoms. The third-order valence-corrected chi connectivity index (χ3v) is 4.56. The third kappa shape index (κ3) is 4.84. The Balaban J connectivity index is 3.51. The van der Waals surface area contributed by atoms with Crippen molar-refractivity contribution in [3.8, 4) is 0 Å². The molecule has 0 fully saturated rings. The van der Waals surface area contributed by atoms with E-state index in [1.54, 1.807) is 14.2 Å². The fraction of sp³-hybridized carbons (Fsp3) is 1.00. The first-order chi connectivity index (χ1) is 5.18. The zero-order valence-electron chi connectivity index (χ0n) is 7.59. The molecule has 4 heteroatoms. The summed E-state index contributed by atoms with van der Waals surface area (Å²) >= 11 is 4.15. The maximum absolute atomic E-state index is 5.25. The predicted octanol–water partition coefficient (Wildman–Crippen LogP) is 0.860. The molecular formula is C7H18O2SSi. The van der Waals surface area contributed by atoms with Crippen LogP contribution in [-0.4, -0.2) is 34.9 Å². The predicted molar refractivity (Wildman–Crippen MR) is 54.2 cm³/mol. The first-order valence-corrected chi connectivity index (χ1v) is 6.23. The summed E-state index contributed by atoms with van der Waals surface area (Å²) in [6, 6.07) is 1.24. The van der Waals surface area contributed by atoms with Gasteiger partial charge in [-0.25, -0.2) is 0 Å². The molecule has 68 valence electrons. The summed E-state index contributed by atoms with van der Waals surface area (Å²) in [6.45, 7) is 2.01. The lowest BCUT2D eigenvalue weighted by atomic mass is 10.6. The lowest BCUT2D eigenvalue weighted by Crippen LogP contribution is -2.36. The van der Waals surface area contributed by atoms with E-state index in [1.165, 1.54) is 12.5 Å². The number of hydrogen-bond donors (Lipinski definition) is 1. The quantitative estimate of drug-likeness (QED) is 0.293. The van der Waals surface area contributed by atoms with Gasteiger partial charge in [0.1, 0.15) is 5.41 Å².